The van der Waals surface area contributed by atoms with Crippen LogP contribution in [0.3, 0.4) is 0 Å². The highest BCUT2D eigenvalue weighted by molar-refractivity contribution is 7.80. The fourth-order valence-electron chi connectivity index (χ4n) is 1.82. The molecule has 3 heteroatoms. The Labute approximate surface area is 106 Å². The summed E-state index contributed by atoms with van der Waals surface area (Å²) in [7, 11) is 0. The molecule has 2 N–H and O–H groups in total. The van der Waals surface area contributed by atoms with Gasteiger partial charge in [0.1, 0.15) is 0 Å². The molecule has 0 spiro atoms. The van der Waals surface area contributed by atoms with Crippen LogP contribution in [-0.2, 0) is 0 Å². The molecule has 0 radical (unpaired) electrons. The van der Waals surface area contributed by atoms with Crippen molar-refractivity contribution in [2.45, 2.75) is 58.9 Å². The third-order valence-electron chi connectivity index (χ3n) is 3.55. The topological polar surface area (TPSA) is 29.3 Å². The first-order chi connectivity index (χ1) is 7.47. The zero-order valence-corrected chi connectivity index (χ0v) is 11.8. The van der Waals surface area contributed by atoms with Crippen molar-refractivity contribution >= 4 is 17.2 Å². The van der Waals surface area contributed by atoms with Gasteiger partial charge >= 0.3 is 0 Å². The van der Waals surface area contributed by atoms with Crippen LogP contribution < -0.4 is 5.73 Å². The number of rotatable bonds is 8. The van der Waals surface area contributed by atoms with Gasteiger partial charge in [-0.3, -0.25) is 0 Å². The van der Waals surface area contributed by atoms with E-state index in [4.69, 9.17) is 18.0 Å². The molecule has 0 aromatic rings. The molecule has 0 heterocycles. The predicted octanol–water partition coefficient (Wildman–Crippen LogP) is 2.95. The molecule has 0 aromatic carbocycles. The molecule has 0 unspecified atom stereocenters. The number of thiocarbonyl (C=S) groups is 1. The highest BCUT2D eigenvalue weighted by atomic mass is 32.1. The summed E-state index contributed by atoms with van der Waals surface area (Å²) in [5, 5.41) is 0. The maximum absolute atomic E-state index is 5.76. The molecule has 94 valence electrons. The number of unbranched alkanes of at least 4 members (excludes halogenated alkanes) is 1. The molecule has 1 fully saturated rings. The van der Waals surface area contributed by atoms with Gasteiger partial charge in [0.2, 0.25) is 0 Å². The normalized spacial score (nSPS) is 16.8. The van der Waals surface area contributed by atoms with E-state index in [0.717, 1.165) is 19.0 Å². The second-order valence-corrected chi connectivity index (χ2v) is 6.06. The second-order valence-electron chi connectivity index (χ2n) is 5.62. The van der Waals surface area contributed by atoms with Gasteiger partial charge in [-0.05, 0) is 38.8 Å². The van der Waals surface area contributed by atoms with Gasteiger partial charge in [-0.1, -0.05) is 39.4 Å². The van der Waals surface area contributed by atoms with E-state index in [1.165, 1.54) is 32.2 Å². The first-order valence-corrected chi connectivity index (χ1v) is 6.92. The van der Waals surface area contributed by atoms with Crippen molar-refractivity contribution < 1.29 is 0 Å². The van der Waals surface area contributed by atoms with E-state index in [0.29, 0.717) is 4.99 Å². The van der Waals surface area contributed by atoms with Gasteiger partial charge in [-0.15, -0.1) is 0 Å². The van der Waals surface area contributed by atoms with Crippen molar-refractivity contribution in [1.82, 2.24) is 4.90 Å². The van der Waals surface area contributed by atoms with Crippen LogP contribution in [0.4, 0.5) is 0 Å². The molecule has 2 nitrogen and oxygen atoms in total. The lowest BCUT2D eigenvalue weighted by atomic mass is 9.89. The summed E-state index contributed by atoms with van der Waals surface area (Å²) in [6.45, 7) is 8.95. The van der Waals surface area contributed by atoms with Gasteiger partial charge < -0.3 is 10.6 Å². The lowest BCUT2D eigenvalue weighted by molar-refractivity contribution is 0.233. The molecule has 0 amide bonds. The standard InChI is InChI=1S/C13H26N2S/c1-4-5-9-15(11-6-7-11)10-8-13(2,3)12(14)16/h11H,4-10H2,1-3H3,(H2,14,16). The maximum Gasteiger partial charge on any atom is 0.0784 e. The number of nitrogens with two attached hydrogens (primary N) is 1. The molecule has 0 bridgehead atoms. The van der Waals surface area contributed by atoms with Crippen LogP contribution in [0.15, 0.2) is 0 Å². The van der Waals surface area contributed by atoms with Crippen LogP contribution >= 0.6 is 12.2 Å². The van der Waals surface area contributed by atoms with Gasteiger partial charge in [-0.25, -0.2) is 0 Å². The summed E-state index contributed by atoms with van der Waals surface area (Å²) in [5.74, 6) is 0. The molecule has 1 saturated carbocycles. The zero-order valence-electron chi connectivity index (χ0n) is 11.0. The van der Waals surface area contributed by atoms with Gasteiger partial charge in [0, 0.05) is 11.5 Å². The van der Waals surface area contributed by atoms with E-state index in [-0.39, 0.29) is 5.41 Å². The third kappa shape index (κ3) is 4.38. The Morgan fingerprint density at radius 2 is 2.00 bits per heavy atom. The molecule has 1 rings (SSSR count). The average molecular weight is 242 g/mol. The first kappa shape index (κ1) is 13.9. The van der Waals surface area contributed by atoms with Crippen LogP contribution in [0, 0.1) is 5.41 Å². The molecule has 0 saturated heterocycles. The van der Waals surface area contributed by atoms with Crippen LogP contribution in [0.2, 0.25) is 0 Å². The van der Waals surface area contributed by atoms with Gasteiger partial charge in [0.25, 0.3) is 0 Å². The van der Waals surface area contributed by atoms with E-state index >= 15 is 0 Å². The van der Waals surface area contributed by atoms with Gasteiger partial charge in [0.15, 0.2) is 0 Å². The van der Waals surface area contributed by atoms with Crippen molar-refractivity contribution in [1.29, 1.82) is 0 Å². The molecular weight excluding hydrogens is 216 g/mol. The molecule has 1 aliphatic carbocycles. The summed E-state index contributed by atoms with van der Waals surface area (Å²) in [6, 6.07) is 0.855. The quantitative estimate of drug-likeness (QED) is 0.664. The van der Waals surface area contributed by atoms with E-state index in [1.54, 1.807) is 0 Å². The molecular formula is C13H26N2S. The molecule has 16 heavy (non-hydrogen) atoms. The van der Waals surface area contributed by atoms with Crippen LogP contribution in [-0.4, -0.2) is 29.0 Å². The van der Waals surface area contributed by atoms with Crippen LogP contribution in [0.1, 0.15) is 52.9 Å². The molecule has 0 aromatic heterocycles. The Morgan fingerprint density at radius 1 is 1.38 bits per heavy atom. The molecule has 0 atom stereocenters. The predicted molar refractivity (Wildman–Crippen MR) is 74.7 cm³/mol. The van der Waals surface area contributed by atoms with Gasteiger partial charge in [0.05, 0.1) is 4.99 Å². The smallest absolute Gasteiger partial charge is 0.0784 e. The third-order valence-corrected chi connectivity index (χ3v) is 4.11. The monoisotopic (exact) mass is 242 g/mol. The lowest BCUT2D eigenvalue weighted by Crippen LogP contribution is -2.36. The van der Waals surface area contributed by atoms with Crippen molar-refractivity contribution in [2.24, 2.45) is 11.1 Å². The lowest BCUT2D eigenvalue weighted by Gasteiger charge is -2.28. The highest BCUT2D eigenvalue weighted by Crippen LogP contribution is 2.29. The average Bonchev–Trinajstić information content (AvgIpc) is 3.01. The fourth-order valence-corrected chi connectivity index (χ4v) is 1.93. The van der Waals surface area contributed by atoms with E-state index in [9.17, 15) is 0 Å². The Hall–Kier alpha value is -0.150. The fraction of sp³-hybridized carbons (Fsp3) is 0.923. The molecule has 1 aliphatic rings. The Morgan fingerprint density at radius 3 is 2.44 bits per heavy atom. The minimum Gasteiger partial charge on any atom is -0.393 e. The highest BCUT2D eigenvalue weighted by Gasteiger charge is 2.30. The minimum atomic E-state index is 0.00862. The summed E-state index contributed by atoms with van der Waals surface area (Å²) in [6.07, 6.45) is 6.45. The summed E-state index contributed by atoms with van der Waals surface area (Å²) in [4.78, 5) is 3.28. The van der Waals surface area contributed by atoms with Crippen molar-refractivity contribution in [2.75, 3.05) is 13.1 Å². The SMILES string of the molecule is CCCCN(CCC(C)(C)C(N)=S)C1CC1. The van der Waals surface area contributed by atoms with Gasteiger partial charge in [-0.2, -0.15) is 0 Å². The Kier molecular flexibility index (Phi) is 5.19. The van der Waals surface area contributed by atoms with Crippen LogP contribution in [0.25, 0.3) is 0 Å². The number of nitrogens with zero attached hydrogens (tertiary/aromatic N) is 1. The van der Waals surface area contributed by atoms with E-state index in [2.05, 4.69) is 25.7 Å². The van der Waals surface area contributed by atoms with Crippen LogP contribution in [0.5, 0.6) is 0 Å². The largest absolute Gasteiger partial charge is 0.393 e. The zero-order chi connectivity index (χ0) is 12.2. The Bertz CT molecular complexity index is 234. The van der Waals surface area contributed by atoms with Crippen molar-refractivity contribution in [3.8, 4) is 0 Å². The van der Waals surface area contributed by atoms with E-state index < -0.39 is 0 Å². The van der Waals surface area contributed by atoms with Crippen molar-refractivity contribution in [3.63, 3.8) is 0 Å². The number of hydrogen-bond donors (Lipinski definition) is 1. The molecule has 0 aliphatic heterocycles. The van der Waals surface area contributed by atoms with E-state index in [1.807, 2.05) is 0 Å². The second kappa shape index (κ2) is 5.97. The maximum atomic E-state index is 5.76. The summed E-state index contributed by atoms with van der Waals surface area (Å²) < 4.78 is 0. The minimum absolute atomic E-state index is 0.00862. The summed E-state index contributed by atoms with van der Waals surface area (Å²) in [5.41, 5.74) is 5.77. The van der Waals surface area contributed by atoms with Crippen molar-refractivity contribution in [3.05, 3.63) is 0 Å². The Balaban J connectivity index is 2.34. The summed E-state index contributed by atoms with van der Waals surface area (Å²) >= 11 is 5.11. The first-order valence-electron chi connectivity index (χ1n) is 6.51. The number of hydrogen-bond acceptors (Lipinski definition) is 2.